The Morgan fingerprint density at radius 2 is 2.00 bits per heavy atom. The lowest BCUT2D eigenvalue weighted by Crippen LogP contribution is -2.08. The highest BCUT2D eigenvalue weighted by atomic mass is 16.5. The van der Waals surface area contributed by atoms with Gasteiger partial charge >= 0.3 is 5.97 Å². The Kier molecular flexibility index (Phi) is 5.03. The number of benzene rings is 1. The highest BCUT2D eigenvalue weighted by molar-refractivity contribution is 5.91. The van der Waals surface area contributed by atoms with Crippen LogP contribution < -0.4 is 0 Å². The van der Waals surface area contributed by atoms with E-state index in [1.807, 2.05) is 31.2 Å². The average Bonchev–Trinajstić information content (AvgIpc) is 2.27. The van der Waals surface area contributed by atoms with Gasteiger partial charge in [0.1, 0.15) is 0 Å². The zero-order valence-electron chi connectivity index (χ0n) is 10.3. The molecule has 0 aliphatic heterocycles. The number of hydrogen-bond donors (Lipinski definition) is 0. The smallest absolute Gasteiger partial charge is 0.338 e. The molecule has 0 amide bonds. The maximum atomic E-state index is 11.7. The minimum atomic E-state index is -0.207. The first-order valence-corrected chi connectivity index (χ1v) is 5.90. The first-order chi connectivity index (χ1) is 7.65. The largest absolute Gasteiger partial charge is 0.462 e. The van der Waals surface area contributed by atoms with Crippen LogP contribution in [0.15, 0.2) is 24.3 Å². The molecule has 0 saturated heterocycles. The lowest BCUT2D eigenvalue weighted by Gasteiger charge is -2.09. The Balaban J connectivity index is 2.78. The molecule has 0 unspecified atom stereocenters. The van der Waals surface area contributed by atoms with E-state index in [1.54, 1.807) is 0 Å². The fourth-order valence-corrected chi connectivity index (χ4v) is 1.59. The summed E-state index contributed by atoms with van der Waals surface area (Å²) in [5.74, 6) is 0.442. The predicted octanol–water partition coefficient (Wildman–Crippen LogP) is 3.45. The molecule has 0 aliphatic carbocycles. The van der Waals surface area contributed by atoms with Gasteiger partial charge in [0.25, 0.3) is 0 Å². The van der Waals surface area contributed by atoms with E-state index in [1.165, 1.54) is 0 Å². The number of rotatable bonds is 5. The van der Waals surface area contributed by atoms with Crippen molar-refractivity contribution in [1.82, 2.24) is 0 Å². The number of carbonyl (C=O) groups is 1. The van der Waals surface area contributed by atoms with Crippen molar-refractivity contribution in [3.8, 4) is 0 Å². The van der Waals surface area contributed by atoms with Gasteiger partial charge in [0.15, 0.2) is 0 Å². The lowest BCUT2D eigenvalue weighted by molar-refractivity contribution is 0.0525. The Labute approximate surface area is 97.6 Å². The van der Waals surface area contributed by atoms with Crippen molar-refractivity contribution in [2.45, 2.75) is 33.6 Å². The number of aryl methyl sites for hydroxylation is 1. The van der Waals surface area contributed by atoms with Crippen LogP contribution in [0.2, 0.25) is 0 Å². The second-order valence-corrected chi connectivity index (χ2v) is 4.31. The van der Waals surface area contributed by atoms with Crippen LogP contribution in [0, 0.1) is 5.92 Å². The van der Waals surface area contributed by atoms with Gasteiger partial charge < -0.3 is 4.74 Å². The predicted molar refractivity (Wildman–Crippen MR) is 65.6 cm³/mol. The number of ether oxygens (including phenoxy) is 1. The van der Waals surface area contributed by atoms with Gasteiger partial charge in [-0.3, -0.25) is 0 Å². The summed E-state index contributed by atoms with van der Waals surface area (Å²) in [6, 6.07) is 7.70. The van der Waals surface area contributed by atoms with E-state index in [9.17, 15) is 4.79 Å². The lowest BCUT2D eigenvalue weighted by atomic mass is 9.98. The van der Waals surface area contributed by atoms with Gasteiger partial charge in [0, 0.05) is 0 Å². The molecular weight excluding hydrogens is 200 g/mol. The van der Waals surface area contributed by atoms with Crippen LogP contribution >= 0.6 is 0 Å². The van der Waals surface area contributed by atoms with Crippen LogP contribution in [0.3, 0.4) is 0 Å². The van der Waals surface area contributed by atoms with Crippen molar-refractivity contribution in [1.29, 1.82) is 0 Å². The molecule has 0 atom stereocenters. The topological polar surface area (TPSA) is 26.3 Å². The van der Waals surface area contributed by atoms with Crippen molar-refractivity contribution in [3.05, 3.63) is 35.4 Å². The van der Waals surface area contributed by atoms with E-state index >= 15 is 0 Å². The van der Waals surface area contributed by atoms with Gasteiger partial charge in [-0.25, -0.2) is 4.79 Å². The van der Waals surface area contributed by atoms with Crippen LogP contribution in [0.5, 0.6) is 0 Å². The molecule has 0 aromatic heterocycles. The molecule has 88 valence electrons. The summed E-state index contributed by atoms with van der Waals surface area (Å²) in [6.45, 7) is 6.63. The summed E-state index contributed by atoms with van der Waals surface area (Å²) in [5, 5.41) is 0. The summed E-state index contributed by atoms with van der Waals surface area (Å²) >= 11 is 0. The molecule has 2 heteroatoms. The van der Waals surface area contributed by atoms with E-state index in [0.717, 1.165) is 18.4 Å². The Hall–Kier alpha value is -1.31. The Morgan fingerprint density at radius 1 is 1.31 bits per heavy atom. The van der Waals surface area contributed by atoms with Crippen LogP contribution in [0.4, 0.5) is 0 Å². The summed E-state index contributed by atoms with van der Waals surface area (Å²) in [5.41, 5.74) is 1.81. The van der Waals surface area contributed by atoms with E-state index in [0.29, 0.717) is 18.1 Å². The van der Waals surface area contributed by atoms with E-state index < -0.39 is 0 Å². The van der Waals surface area contributed by atoms with E-state index in [4.69, 9.17) is 4.74 Å². The minimum Gasteiger partial charge on any atom is -0.462 e. The van der Waals surface area contributed by atoms with E-state index in [2.05, 4.69) is 13.8 Å². The second-order valence-electron chi connectivity index (χ2n) is 4.31. The van der Waals surface area contributed by atoms with Crippen molar-refractivity contribution < 1.29 is 9.53 Å². The van der Waals surface area contributed by atoms with Crippen LogP contribution in [0.1, 0.15) is 43.1 Å². The SMILES string of the molecule is CCOC(=O)c1ccccc1CCC(C)C. The molecular formula is C14H20O2. The Morgan fingerprint density at radius 3 is 2.62 bits per heavy atom. The monoisotopic (exact) mass is 220 g/mol. The van der Waals surface area contributed by atoms with E-state index in [-0.39, 0.29) is 5.97 Å². The first kappa shape index (κ1) is 12.8. The van der Waals surface area contributed by atoms with Crippen LogP contribution in [-0.2, 0) is 11.2 Å². The maximum absolute atomic E-state index is 11.7. The third kappa shape index (κ3) is 3.69. The highest BCUT2D eigenvalue weighted by Crippen LogP contribution is 2.15. The maximum Gasteiger partial charge on any atom is 0.338 e. The van der Waals surface area contributed by atoms with Gasteiger partial charge in [0.2, 0.25) is 0 Å². The van der Waals surface area contributed by atoms with Gasteiger partial charge in [-0.2, -0.15) is 0 Å². The molecule has 0 radical (unpaired) electrons. The molecule has 2 nitrogen and oxygen atoms in total. The zero-order chi connectivity index (χ0) is 12.0. The molecule has 0 heterocycles. The quantitative estimate of drug-likeness (QED) is 0.710. The zero-order valence-corrected chi connectivity index (χ0v) is 10.3. The van der Waals surface area contributed by atoms with Crippen molar-refractivity contribution >= 4 is 5.97 Å². The molecule has 0 saturated carbocycles. The molecule has 0 spiro atoms. The number of hydrogen-bond acceptors (Lipinski definition) is 2. The third-order valence-electron chi connectivity index (χ3n) is 2.50. The Bertz CT molecular complexity index is 342. The summed E-state index contributed by atoms with van der Waals surface area (Å²) < 4.78 is 5.04. The molecule has 16 heavy (non-hydrogen) atoms. The molecule has 0 N–H and O–H groups in total. The van der Waals surface area contributed by atoms with Gasteiger partial charge in [-0.05, 0) is 37.3 Å². The van der Waals surface area contributed by atoms with Gasteiger partial charge in [-0.15, -0.1) is 0 Å². The molecule has 0 fully saturated rings. The average molecular weight is 220 g/mol. The van der Waals surface area contributed by atoms with Crippen molar-refractivity contribution in [2.24, 2.45) is 5.92 Å². The number of carbonyl (C=O) groups excluding carboxylic acids is 1. The van der Waals surface area contributed by atoms with Crippen molar-refractivity contribution in [3.63, 3.8) is 0 Å². The summed E-state index contributed by atoms with van der Waals surface area (Å²) in [7, 11) is 0. The molecule has 1 aromatic rings. The number of esters is 1. The van der Waals surface area contributed by atoms with Crippen molar-refractivity contribution in [2.75, 3.05) is 6.61 Å². The van der Waals surface area contributed by atoms with Gasteiger partial charge in [0.05, 0.1) is 12.2 Å². The molecule has 1 rings (SSSR count). The normalized spacial score (nSPS) is 10.5. The third-order valence-corrected chi connectivity index (χ3v) is 2.50. The van der Waals surface area contributed by atoms with Crippen LogP contribution in [-0.4, -0.2) is 12.6 Å². The molecule has 1 aromatic carbocycles. The summed E-state index contributed by atoms with van der Waals surface area (Å²) in [6.07, 6.45) is 2.03. The highest BCUT2D eigenvalue weighted by Gasteiger charge is 2.11. The molecule has 0 aliphatic rings. The van der Waals surface area contributed by atoms with Gasteiger partial charge in [-0.1, -0.05) is 32.0 Å². The standard InChI is InChI=1S/C14H20O2/c1-4-16-14(15)13-8-6-5-7-12(13)10-9-11(2)3/h5-8,11H,4,9-10H2,1-3H3. The van der Waals surface area contributed by atoms with Crippen LogP contribution in [0.25, 0.3) is 0 Å². The first-order valence-electron chi connectivity index (χ1n) is 5.90. The second kappa shape index (κ2) is 6.31. The summed E-state index contributed by atoms with van der Waals surface area (Å²) in [4.78, 5) is 11.7. The minimum absolute atomic E-state index is 0.207. The fraction of sp³-hybridized carbons (Fsp3) is 0.500. The fourth-order valence-electron chi connectivity index (χ4n) is 1.59. The molecule has 0 bridgehead atoms.